The summed E-state index contributed by atoms with van der Waals surface area (Å²) in [6.07, 6.45) is 2.58. The van der Waals surface area contributed by atoms with Crippen LogP contribution < -0.4 is 10.4 Å². The quantitative estimate of drug-likeness (QED) is 0.445. The molecule has 1 heterocycles. The molecule has 2 N–H and O–H groups in total. The molecule has 0 radical (unpaired) electrons. The van der Waals surface area contributed by atoms with E-state index in [-0.39, 0.29) is 10.9 Å². The number of nitrogens with one attached hydrogen (secondary N) is 1. The first-order valence-corrected chi connectivity index (χ1v) is 10.8. The van der Waals surface area contributed by atoms with Gasteiger partial charge in [-0.25, -0.2) is 13.9 Å². The second kappa shape index (κ2) is 8.77. The van der Waals surface area contributed by atoms with Crippen molar-refractivity contribution in [1.29, 1.82) is 0 Å². The number of piperazine rings is 1. The van der Waals surface area contributed by atoms with E-state index in [1.807, 2.05) is 13.8 Å². The van der Waals surface area contributed by atoms with Gasteiger partial charge in [-0.3, -0.25) is 10.0 Å². The molecule has 1 atom stereocenters. The predicted octanol–water partition coefficient (Wildman–Crippen LogP) is 2.41. The maximum absolute atomic E-state index is 13.1. The van der Waals surface area contributed by atoms with Crippen LogP contribution in [0.25, 0.3) is 6.08 Å². The molecule has 0 aromatic heterocycles. The molecular weight excluding hydrogens is 390 g/mol. The van der Waals surface area contributed by atoms with Gasteiger partial charge < -0.3 is 4.90 Å². The number of nitrogens with zero attached hydrogens (tertiary/aromatic N) is 2. The van der Waals surface area contributed by atoms with Crippen molar-refractivity contribution < 1.29 is 18.4 Å². The van der Waals surface area contributed by atoms with E-state index in [1.165, 1.54) is 27.5 Å². The number of hydrogen-bond donors (Lipinski definition) is 2. The van der Waals surface area contributed by atoms with Crippen LogP contribution in [0.3, 0.4) is 0 Å². The maximum Gasteiger partial charge on any atom is 0.267 e. The summed E-state index contributed by atoms with van der Waals surface area (Å²) in [6.45, 7) is 5.46. The van der Waals surface area contributed by atoms with E-state index in [4.69, 9.17) is 5.21 Å². The van der Waals surface area contributed by atoms with E-state index in [9.17, 15) is 13.2 Å². The highest BCUT2D eigenvalue weighted by molar-refractivity contribution is 7.89. The third-order valence-corrected chi connectivity index (χ3v) is 6.85. The van der Waals surface area contributed by atoms with Crippen molar-refractivity contribution in [2.75, 3.05) is 24.5 Å². The predicted molar refractivity (Wildman–Crippen MR) is 112 cm³/mol. The highest BCUT2D eigenvalue weighted by atomic mass is 32.2. The van der Waals surface area contributed by atoms with E-state index in [1.54, 1.807) is 18.2 Å². The van der Waals surface area contributed by atoms with Gasteiger partial charge in [0.1, 0.15) is 0 Å². The van der Waals surface area contributed by atoms with Gasteiger partial charge in [-0.2, -0.15) is 4.31 Å². The molecule has 0 bridgehead atoms. The molecule has 2 aromatic rings. The number of carbonyl (C=O) groups excluding carboxylic acids is 1. The minimum atomic E-state index is -3.65. The molecule has 1 aliphatic heterocycles. The number of amides is 1. The summed E-state index contributed by atoms with van der Waals surface area (Å²) in [5.41, 5.74) is 4.34. The lowest BCUT2D eigenvalue weighted by Gasteiger charge is -2.40. The van der Waals surface area contributed by atoms with Gasteiger partial charge in [-0.15, -0.1) is 0 Å². The molecule has 1 unspecified atom stereocenters. The number of anilines is 1. The van der Waals surface area contributed by atoms with Crippen LogP contribution >= 0.6 is 0 Å². The topological polar surface area (TPSA) is 90.0 Å². The van der Waals surface area contributed by atoms with Crippen molar-refractivity contribution in [3.63, 3.8) is 0 Å². The Morgan fingerprint density at radius 1 is 1.17 bits per heavy atom. The molecule has 1 aliphatic rings. The number of hydroxylamine groups is 1. The molecule has 3 rings (SSSR count). The Morgan fingerprint density at radius 3 is 2.55 bits per heavy atom. The van der Waals surface area contributed by atoms with Crippen molar-refractivity contribution in [2.45, 2.75) is 24.8 Å². The Bertz CT molecular complexity index is 1000. The van der Waals surface area contributed by atoms with Crippen LogP contribution in [-0.2, 0) is 14.8 Å². The minimum Gasteiger partial charge on any atom is -0.366 e. The molecule has 1 amide bonds. The highest BCUT2D eigenvalue weighted by Gasteiger charge is 2.32. The molecule has 0 saturated carbocycles. The highest BCUT2D eigenvalue weighted by Crippen LogP contribution is 2.25. The SMILES string of the molecule is Cc1ccc(N2CCN(S(=O)(=O)c3cccc(C=CC(=O)NO)c3)CC2C)cc1. The number of rotatable bonds is 5. The fourth-order valence-electron chi connectivity index (χ4n) is 3.40. The Hall–Kier alpha value is -2.68. The van der Waals surface area contributed by atoms with E-state index >= 15 is 0 Å². The first-order chi connectivity index (χ1) is 13.8. The van der Waals surface area contributed by atoms with E-state index in [0.717, 1.165) is 11.8 Å². The number of benzene rings is 2. The molecule has 1 saturated heterocycles. The fraction of sp³-hybridized carbons (Fsp3) is 0.286. The van der Waals surface area contributed by atoms with Crippen molar-refractivity contribution in [3.8, 4) is 0 Å². The zero-order valence-electron chi connectivity index (χ0n) is 16.4. The second-order valence-electron chi connectivity index (χ2n) is 7.12. The van der Waals surface area contributed by atoms with Crippen LogP contribution in [0.4, 0.5) is 5.69 Å². The zero-order valence-corrected chi connectivity index (χ0v) is 17.3. The summed E-state index contributed by atoms with van der Waals surface area (Å²) >= 11 is 0. The summed E-state index contributed by atoms with van der Waals surface area (Å²) in [5, 5.41) is 8.55. The van der Waals surface area contributed by atoms with Gasteiger partial charge >= 0.3 is 0 Å². The Balaban J connectivity index is 1.76. The number of carbonyl (C=O) groups is 1. The van der Waals surface area contributed by atoms with Gasteiger partial charge in [0, 0.05) is 37.4 Å². The summed E-state index contributed by atoms with van der Waals surface area (Å²) in [5.74, 6) is -0.681. The maximum atomic E-state index is 13.1. The number of aryl methyl sites for hydroxylation is 1. The Kier molecular flexibility index (Phi) is 6.36. The summed E-state index contributed by atoms with van der Waals surface area (Å²) < 4.78 is 27.8. The lowest BCUT2D eigenvalue weighted by atomic mass is 10.1. The third kappa shape index (κ3) is 4.84. The zero-order chi connectivity index (χ0) is 21.0. The molecule has 0 aliphatic carbocycles. The van der Waals surface area contributed by atoms with E-state index in [2.05, 4.69) is 29.2 Å². The molecule has 154 valence electrons. The summed E-state index contributed by atoms with van der Waals surface area (Å²) in [7, 11) is -3.65. The van der Waals surface area contributed by atoms with Crippen LogP contribution in [0.1, 0.15) is 18.1 Å². The lowest BCUT2D eigenvalue weighted by molar-refractivity contribution is -0.124. The molecule has 29 heavy (non-hydrogen) atoms. The lowest BCUT2D eigenvalue weighted by Crippen LogP contribution is -2.53. The monoisotopic (exact) mass is 415 g/mol. The summed E-state index contributed by atoms with van der Waals surface area (Å²) in [4.78, 5) is 13.5. The van der Waals surface area contributed by atoms with E-state index in [0.29, 0.717) is 25.2 Å². The van der Waals surface area contributed by atoms with Crippen LogP contribution in [-0.4, -0.2) is 49.5 Å². The normalized spacial score (nSPS) is 18.2. The Morgan fingerprint density at radius 2 is 1.90 bits per heavy atom. The van der Waals surface area contributed by atoms with Gasteiger partial charge in [0.25, 0.3) is 5.91 Å². The Labute approximate surface area is 171 Å². The van der Waals surface area contributed by atoms with Crippen molar-refractivity contribution >= 4 is 27.7 Å². The average Bonchev–Trinajstić information content (AvgIpc) is 2.73. The molecular formula is C21H25N3O4S. The molecule has 7 nitrogen and oxygen atoms in total. The van der Waals surface area contributed by atoms with Crippen LogP contribution in [0.2, 0.25) is 0 Å². The van der Waals surface area contributed by atoms with Crippen molar-refractivity contribution in [2.24, 2.45) is 0 Å². The number of sulfonamides is 1. The van der Waals surface area contributed by atoms with Gasteiger partial charge in [0.2, 0.25) is 10.0 Å². The molecule has 1 fully saturated rings. The summed E-state index contributed by atoms with van der Waals surface area (Å²) in [6, 6.07) is 14.7. The second-order valence-corrected chi connectivity index (χ2v) is 9.06. The molecule has 2 aromatic carbocycles. The minimum absolute atomic E-state index is 0.0394. The number of hydrogen-bond acceptors (Lipinski definition) is 5. The van der Waals surface area contributed by atoms with Crippen LogP contribution in [0.5, 0.6) is 0 Å². The smallest absolute Gasteiger partial charge is 0.267 e. The van der Waals surface area contributed by atoms with Gasteiger partial charge in [-0.1, -0.05) is 29.8 Å². The van der Waals surface area contributed by atoms with Crippen molar-refractivity contribution in [1.82, 2.24) is 9.79 Å². The average molecular weight is 416 g/mol. The van der Waals surface area contributed by atoms with Crippen molar-refractivity contribution in [3.05, 3.63) is 65.7 Å². The van der Waals surface area contributed by atoms with E-state index < -0.39 is 15.9 Å². The largest absolute Gasteiger partial charge is 0.366 e. The fourth-order valence-corrected chi connectivity index (χ4v) is 4.97. The van der Waals surface area contributed by atoms with Gasteiger partial charge in [0.05, 0.1) is 4.90 Å². The first-order valence-electron chi connectivity index (χ1n) is 9.37. The van der Waals surface area contributed by atoms with Gasteiger partial charge in [-0.05, 0) is 49.8 Å². The standard InChI is InChI=1S/C21H25N3O4S/c1-16-6-9-19(10-7-16)24-13-12-23(15-17(24)2)29(27,28)20-5-3-4-18(14-20)8-11-21(25)22-26/h3-11,14,17,26H,12-13,15H2,1-2H3,(H,22,25). The van der Waals surface area contributed by atoms with Gasteiger partial charge in [0.15, 0.2) is 0 Å². The first kappa shape index (κ1) is 21.0. The third-order valence-electron chi connectivity index (χ3n) is 4.99. The van der Waals surface area contributed by atoms with Crippen LogP contribution in [0, 0.1) is 6.92 Å². The molecule has 0 spiro atoms. The van der Waals surface area contributed by atoms with Crippen LogP contribution in [0.15, 0.2) is 59.5 Å². The molecule has 8 heteroatoms.